The minimum Gasteiger partial charge on any atom is -0.299 e. The maximum atomic E-state index is 9.91. The van der Waals surface area contributed by atoms with Gasteiger partial charge in [-0.3, -0.25) is 10.3 Å². The maximum Gasteiger partial charge on any atom is 0.0612 e. The van der Waals surface area contributed by atoms with Crippen LogP contribution in [0.4, 0.5) is 0 Å². The molecule has 0 spiro atoms. The number of hydrogen-bond donors (Lipinski definition) is 1. The lowest BCUT2D eigenvalue weighted by atomic mass is 10.1. The van der Waals surface area contributed by atoms with Gasteiger partial charge in [0.05, 0.1) is 6.54 Å². The molecule has 1 heterocycles. The molecule has 0 amide bonds. The van der Waals surface area contributed by atoms with Crippen molar-refractivity contribution in [2.45, 2.75) is 25.9 Å². The van der Waals surface area contributed by atoms with E-state index in [9.17, 15) is 4.91 Å². The number of benzene rings is 1. The molecule has 0 atom stereocenters. The first-order valence-corrected chi connectivity index (χ1v) is 5.74. The highest BCUT2D eigenvalue weighted by Gasteiger charge is 2.11. The molecule has 1 N–H and O–H groups in total. The standard InChI is InChI=1S/C12H17N3O/c16-14-13-9-11-3-5-12(6-4-11)10-15-7-1-2-8-15/h3-6H,1-2,7-10H2,(H,13,16). The highest BCUT2D eigenvalue weighted by atomic mass is 16.3. The van der Waals surface area contributed by atoms with E-state index in [0.29, 0.717) is 6.54 Å². The van der Waals surface area contributed by atoms with Crippen LogP contribution in [0.15, 0.2) is 29.6 Å². The molecule has 1 saturated heterocycles. The smallest absolute Gasteiger partial charge is 0.0612 e. The third-order valence-electron chi connectivity index (χ3n) is 2.98. The Morgan fingerprint density at radius 1 is 1.12 bits per heavy atom. The topological polar surface area (TPSA) is 44.7 Å². The maximum absolute atomic E-state index is 9.91. The van der Waals surface area contributed by atoms with E-state index in [1.54, 1.807) is 0 Å². The molecule has 1 aliphatic heterocycles. The number of nitrogens with zero attached hydrogens (tertiary/aromatic N) is 2. The van der Waals surface area contributed by atoms with Gasteiger partial charge in [0.25, 0.3) is 0 Å². The van der Waals surface area contributed by atoms with E-state index in [0.717, 1.165) is 12.1 Å². The predicted octanol–water partition coefficient (Wildman–Crippen LogP) is 2.05. The molecule has 0 aromatic heterocycles. The molecule has 4 nitrogen and oxygen atoms in total. The molecule has 1 fully saturated rings. The average Bonchev–Trinajstić information content (AvgIpc) is 2.81. The van der Waals surface area contributed by atoms with E-state index >= 15 is 0 Å². The SMILES string of the molecule is O=NNCc1ccc(CN2CCCC2)cc1. The quantitative estimate of drug-likeness (QED) is 0.609. The Morgan fingerprint density at radius 2 is 1.75 bits per heavy atom. The first-order chi connectivity index (χ1) is 7.88. The Labute approximate surface area is 95.6 Å². The zero-order valence-corrected chi connectivity index (χ0v) is 9.35. The summed E-state index contributed by atoms with van der Waals surface area (Å²) in [5, 5.41) is 2.63. The van der Waals surface area contributed by atoms with Gasteiger partial charge in [-0.2, -0.15) is 0 Å². The Kier molecular flexibility index (Phi) is 3.88. The third kappa shape index (κ3) is 3.03. The van der Waals surface area contributed by atoms with Crippen LogP contribution in [0.3, 0.4) is 0 Å². The van der Waals surface area contributed by atoms with Crippen LogP contribution >= 0.6 is 0 Å². The second kappa shape index (κ2) is 5.61. The van der Waals surface area contributed by atoms with Gasteiger partial charge in [-0.25, -0.2) is 0 Å². The van der Waals surface area contributed by atoms with Gasteiger partial charge in [0.15, 0.2) is 0 Å². The number of rotatable bonds is 5. The van der Waals surface area contributed by atoms with Crippen molar-refractivity contribution in [3.63, 3.8) is 0 Å². The Balaban J connectivity index is 1.88. The van der Waals surface area contributed by atoms with E-state index in [2.05, 4.69) is 27.7 Å². The average molecular weight is 219 g/mol. The largest absolute Gasteiger partial charge is 0.299 e. The van der Waals surface area contributed by atoms with Crippen LogP contribution in [0.25, 0.3) is 0 Å². The zero-order chi connectivity index (χ0) is 11.2. The molecule has 2 rings (SSSR count). The van der Waals surface area contributed by atoms with Crippen molar-refractivity contribution in [3.8, 4) is 0 Å². The zero-order valence-electron chi connectivity index (χ0n) is 9.35. The van der Waals surface area contributed by atoms with Crippen LogP contribution in [-0.2, 0) is 13.1 Å². The summed E-state index contributed by atoms with van der Waals surface area (Å²) in [6, 6.07) is 8.34. The van der Waals surface area contributed by atoms with Crippen LogP contribution in [0.5, 0.6) is 0 Å². The minimum absolute atomic E-state index is 0.507. The van der Waals surface area contributed by atoms with Gasteiger partial charge in [0.2, 0.25) is 0 Å². The minimum atomic E-state index is 0.507. The molecule has 4 heteroatoms. The molecule has 0 radical (unpaired) electrons. The van der Waals surface area contributed by atoms with Crippen LogP contribution in [0.1, 0.15) is 24.0 Å². The molecule has 0 saturated carbocycles. The van der Waals surface area contributed by atoms with Crippen LogP contribution in [0, 0.1) is 4.91 Å². The molecule has 0 aliphatic carbocycles. The van der Waals surface area contributed by atoms with Crippen molar-refractivity contribution in [2.24, 2.45) is 5.29 Å². The molecule has 0 bridgehead atoms. The van der Waals surface area contributed by atoms with Crippen molar-refractivity contribution in [1.29, 1.82) is 0 Å². The monoisotopic (exact) mass is 219 g/mol. The fraction of sp³-hybridized carbons (Fsp3) is 0.500. The molecule has 1 aromatic rings. The lowest BCUT2D eigenvalue weighted by Crippen LogP contribution is -2.18. The van der Waals surface area contributed by atoms with Crippen molar-refractivity contribution < 1.29 is 0 Å². The van der Waals surface area contributed by atoms with Crippen molar-refractivity contribution in [1.82, 2.24) is 10.3 Å². The van der Waals surface area contributed by atoms with E-state index in [4.69, 9.17) is 0 Å². The van der Waals surface area contributed by atoms with E-state index in [-0.39, 0.29) is 0 Å². The second-order valence-electron chi connectivity index (χ2n) is 4.23. The van der Waals surface area contributed by atoms with E-state index < -0.39 is 0 Å². The van der Waals surface area contributed by atoms with Crippen molar-refractivity contribution in [2.75, 3.05) is 13.1 Å². The van der Waals surface area contributed by atoms with Gasteiger partial charge in [0, 0.05) is 11.8 Å². The summed E-state index contributed by atoms with van der Waals surface area (Å²) in [6.07, 6.45) is 2.65. The van der Waals surface area contributed by atoms with Crippen LogP contribution < -0.4 is 5.43 Å². The van der Waals surface area contributed by atoms with Gasteiger partial charge in [-0.1, -0.05) is 24.3 Å². The van der Waals surface area contributed by atoms with E-state index in [1.807, 2.05) is 12.1 Å². The number of hydrogen-bond acceptors (Lipinski definition) is 3. The van der Waals surface area contributed by atoms with Crippen LogP contribution in [0.2, 0.25) is 0 Å². The highest BCUT2D eigenvalue weighted by Crippen LogP contribution is 2.13. The second-order valence-corrected chi connectivity index (χ2v) is 4.23. The summed E-state index contributed by atoms with van der Waals surface area (Å²) in [7, 11) is 0. The predicted molar refractivity (Wildman–Crippen MR) is 63.6 cm³/mol. The molecular weight excluding hydrogens is 202 g/mol. The van der Waals surface area contributed by atoms with Gasteiger partial charge in [-0.15, -0.1) is 4.91 Å². The highest BCUT2D eigenvalue weighted by molar-refractivity contribution is 5.22. The molecular formula is C12H17N3O. The summed E-state index contributed by atoms with van der Waals surface area (Å²) in [5.41, 5.74) is 4.84. The number of nitroso groups, excluding NO2 is 1. The molecule has 1 aliphatic rings. The summed E-state index contributed by atoms with van der Waals surface area (Å²) in [4.78, 5) is 12.4. The van der Waals surface area contributed by atoms with Crippen LogP contribution in [-0.4, -0.2) is 18.0 Å². The lowest BCUT2D eigenvalue weighted by molar-refractivity contribution is 0.331. The van der Waals surface area contributed by atoms with Gasteiger partial charge >= 0.3 is 0 Å². The van der Waals surface area contributed by atoms with Crippen molar-refractivity contribution in [3.05, 3.63) is 40.3 Å². The van der Waals surface area contributed by atoms with Crippen molar-refractivity contribution >= 4 is 0 Å². The molecule has 0 unspecified atom stereocenters. The molecule has 86 valence electrons. The van der Waals surface area contributed by atoms with Gasteiger partial charge in [0.1, 0.15) is 0 Å². The fourth-order valence-corrected chi connectivity index (χ4v) is 2.09. The summed E-state index contributed by atoms with van der Waals surface area (Å²) in [6.45, 7) is 3.99. The lowest BCUT2D eigenvalue weighted by Gasteiger charge is -2.14. The molecule has 1 aromatic carbocycles. The summed E-state index contributed by atoms with van der Waals surface area (Å²) < 4.78 is 0. The van der Waals surface area contributed by atoms with E-state index in [1.165, 1.54) is 31.5 Å². The van der Waals surface area contributed by atoms with Gasteiger partial charge in [-0.05, 0) is 37.1 Å². The summed E-state index contributed by atoms with van der Waals surface area (Å²) in [5.74, 6) is 0. The number of nitrogens with one attached hydrogen (secondary N) is 1. The van der Waals surface area contributed by atoms with Gasteiger partial charge < -0.3 is 0 Å². The Morgan fingerprint density at radius 3 is 2.38 bits per heavy atom. The number of likely N-dealkylation sites (tertiary alicyclic amines) is 1. The Bertz CT molecular complexity index is 331. The summed E-state index contributed by atoms with van der Waals surface area (Å²) >= 11 is 0. The molecule has 16 heavy (non-hydrogen) atoms. The first-order valence-electron chi connectivity index (χ1n) is 5.74. The third-order valence-corrected chi connectivity index (χ3v) is 2.98. The first kappa shape index (κ1) is 11.1. The fourth-order valence-electron chi connectivity index (χ4n) is 2.09. The normalized spacial score (nSPS) is 16.2. The Hall–Kier alpha value is -1.42.